The van der Waals surface area contributed by atoms with Crippen molar-refractivity contribution in [2.45, 2.75) is 6.54 Å². The molecule has 154 valence electrons. The molecule has 0 atom stereocenters. The minimum absolute atomic E-state index is 0.0208. The summed E-state index contributed by atoms with van der Waals surface area (Å²) in [6.07, 6.45) is 4.97. The average molecular weight is 417 g/mol. The van der Waals surface area contributed by atoms with Gasteiger partial charge in [0, 0.05) is 31.5 Å². The summed E-state index contributed by atoms with van der Waals surface area (Å²) in [6, 6.07) is 15.4. The number of benzene rings is 2. The van der Waals surface area contributed by atoms with Crippen LogP contribution in [0.4, 0.5) is 8.78 Å². The number of hydrogen-bond acceptors (Lipinski definition) is 3. The summed E-state index contributed by atoms with van der Waals surface area (Å²) in [6.45, 7) is -0.0208. The molecule has 31 heavy (non-hydrogen) atoms. The van der Waals surface area contributed by atoms with Crippen LogP contribution in [0.2, 0.25) is 0 Å². The molecule has 0 spiro atoms. The normalized spacial score (nSPS) is 10.6. The van der Waals surface area contributed by atoms with Gasteiger partial charge in [-0.2, -0.15) is 10.4 Å². The first-order chi connectivity index (χ1) is 15.0. The van der Waals surface area contributed by atoms with E-state index in [2.05, 4.69) is 5.10 Å². The number of hydrogen-bond donors (Lipinski definition) is 0. The Morgan fingerprint density at radius 1 is 1.13 bits per heavy atom. The highest BCUT2D eigenvalue weighted by Gasteiger charge is 2.23. The predicted molar refractivity (Wildman–Crippen MR) is 110 cm³/mol. The molecule has 0 fully saturated rings. The van der Waals surface area contributed by atoms with E-state index in [1.54, 1.807) is 36.1 Å². The number of carbonyl (C=O) groups is 1. The van der Waals surface area contributed by atoms with Gasteiger partial charge in [0.15, 0.2) is 5.82 Å². The van der Waals surface area contributed by atoms with E-state index >= 15 is 0 Å². The summed E-state index contributed by atoms with van der Waals surface area (Å²) in [5, 5.41) is 13.4. The zero-order valence-corrected chi connectivity index (χ0v) is 16.5. The SMILES string of the molecule is CN(Cc1cc(C#N)ccc1F)C(=O)c1cnn(-c2ccc(F)cc2)c1-n1cccc1. The molecule has 0 N–H and O–H groups in total. The Kier molecular flexibility index (Phi) is 5.33. The van der Waals surface area contributed by atoms with Crippen molar-refractivity contribution in [2.75, 3.05) is 7.05 Å². The van der Waals surface area contributed by atoms with E-state index in [0.717, 1.165) is 0 Å². The summed E-state index contributed by atoms with van der Waals surface area (Å²) in [5.41, 5.74) is 1.43. The largest absolute Gasteiger partial charge is 0.337 e. The van der Waals surface area contributed by atoms with Gasteiger partial charge in [0.05, 0.1) is 23.5 Å². The fourth-order valence-corrected chi connectivity index (χ4v) is 3.29. The first-order valence-electron chi connectivity index (χ1n) is 9.39. The van der Waals surface area contributed by atoms with Crippen LogP contribution >= 0.6 is 0 Å². The number of nitriles is 1. The van der Waals surface area contributed by atoms with Gasteiger partial charge in [-0.05, 0) is 54.6 Å². The Bertz CT molecular complexity index is 1270. The topological polar surface area (TPSA) is 66.8 Å². The maximum Gasteiger partial charge on any atom is 0.259 e. The van der Waals surface area contributed by atoms with E-state index < -0.39 is 5.82 Å². The molecule has 0 aliphatic rings. The van der Waals surface area contributed by atoms with Gasteiger partial charge in [-0.15, -0.1) is 0 Å². The van der Waals surface area contributed by atoms with Crippen LogP contribution in [0.25, 0.3) is 11.5 Å². The molecular weight excluding hydrogens is 400 g/mol. The first kappa shape index (κ1) is 20.0. The van der Waals surface area contributed by atoms with Gasteiger partial charge in [-0.1, -0.05) is 0 Å². The lowest BCUT2D eigenvalue weighted by atomic mass is 10.1. The van der Waals surface area contributed by atoms with Gasteiger partial charge in [0.25, 0.3) is 5.91 Å². The molecule has 6 nitrogen and oxygen atoms in total. The number of aromatic nitrogens is 3. The molecular formula is C23H17F2N5O. The molecule has 2 aromatic carbocycles. The molecule has 1 amide bonds. The summed E-state index contributed by atoms with van der Waals surface area (Å²) in [7, 11) is 1.55. The van der Waals surface area contributed by atoms with Crippen molar-refractivity contribution in [1.29, 1.82) is 5.26 Å². The molecule has 0 radical (unpaired) electrons. The highest BCUT2D eigenvalue weighted by Crippen LogP contribution is 2.22. The highest BCUT2D eigenvalue weighted by molar-refractivity contribution is 5.97. The van der Waals surface area contributed by atoms with Crippen molar-refractivity contribution in [3.8, 4) is 17.6 Å². The maximum atomic E-state index is 14.2. The number of nitrogens with zero attached hydrogens (tertiary/aromatic N) is 5. The van der Waals surface area contributed by atoms with Gasteiger partial charge < -0.3 is 9.47 Å². The van der Waals surface area contributed by atoms with Crippen molar-refractivity contribution in [2.24, 2.45) is 0 Å². The lowest BCUT2D eigenvalue weighted by molar-refractivity contribution is 0.0784. The minimum atomic E-state index is -0.494. The lowest BCUT2D eigenvalue weighted by Gasteiger charge is -2.18. The third-order valence-corrected chi connectivity index (χ3v) is 4.82. The van der Waals surface area contributed by atoms with E-state index in [-0.39, 0.29) is 23.8 Å². The maximum absolute atomic E-state index is 14.2. The second kappa shape index (κ2) is 8.24. The van der Waals surface area contributed by atoms with E-state index in [1.807, 2.05) is 18.2 Å². The molecule has 4 aromatic rings. The second-order valence-corrected chi connectivity index (χ2v) is 6.94. The average Bonchev–Trinajstić information content (AvgIpc) is 3.45. The van der Waals surface area contributed by atoms with E-state index in [4.69, 9.17) is 5.26 Å². The van der Waals surface area contributed by atoms with Crippen molar-refractivity contribution >= 4 is 5.91 Å². The number of halogens is 2. The molecule has 2 heterocycles. The van der Waals surface area contributed by atoms with Crippen LogP contribution in [-0.4, -0.2) is 32.2 Å². The lowest BCUT2D eigenvalue weighted by Crippen LogP contribution is -2.27. The Labute approximate surface area is 177 Å². The smallest absolute Gasteiger partial charge is 0.259 e. The Morgan fingerprint density at radius 2 is 1.84 bits per heavy atom. The first-order valence-corrected chi connectivity index (χ1v) is 9.39. The number of rotatable bonds is 5. The summed E-state index contributed by atoms with van der Waals surface area (Å²) >= 11 is 0. The molecule has 8 heteroatoms. The van der Waals surface area contributed by atoms with Crippen molar-refractivity contribution in [1.82, 2.24) is 19.2 Å². The third kappa shape index (κ3) is 3.94. The van der Waals surface area contributed by atoms with E-state index in [0.29, 0.717) is 22.6 Å². The summed E-state index contributed by atoms with van der Waals surface area (Å²) < 4.78 is 30.8. The third-order valence-electron chi connectivity index (χ3n) is 4.82. The van der Waals surface area contributed by atoms with Gasteiger partial charge >= 0.3 is 0 Å². The van der Waals surface area contributed by atoms with Crippen LogP contribution in [0.15, 0.2) is 73.2 Å². The van der Waals surface area contributed by atoms with Gasteiger partial charge in [0.2, 0.25) is 0 Å². The standard InChI is InChI=1S/C23H17F2N5O/c1-28(15-17-12-16(13-26)4-9-21(17)25)23(31)20-14-27-30(19-7-5-18(24)6-8-19)22(20)29-10-2-3-11-29/h2-12,14H,15H2,1H3. The van der Waals surface area contributed by atoms with Crippen LogP contribution in [0.1, 0.15) is 21.5 Å². The van der Waals surface area contributed by atoms with Crippen LogP contribution in [-0.2, 0) is 6.54 Å². The molecule has 0 unspecified atom stereocenters. The molecule has 4 rings (SSSR count). The van der Waals surface area contributed by atoms with Crippen molar-refractivity contribution in [3.05, 3.63) is 102 Å². The van der Waals surface area contributed by atoms with Crippen LogP contribution in [0.5, 0.6) is 0 Å². The molecule has 2 aromatic heterocycles. The van der Waals surface area contributed by atoms with Crippen LogP contribution in [0, 0.1) is 23.0 Å². The number of amides is 1. The summed E-state index contributed by atoms with van der Waals surface area (Å²) in [5.74, 6) is -0.777. The van der Waals surface area contributed by atoms with E-state index in [9.17, 15) is 13.6 Å². The van der Waals surface area contributed by atoms with Crippen molar-refractivity contribution < 1.29 is 13.6 Å². The van der Waals surface area contributed by atoms with Gasteiger partial charge in [-0.25, -0.2) is 13.5 Å². The Hall–Kier alpha value is -4.25. The quantitative estimate of drug-likeness (QED) is 0.491. The molecule has 0 saturated carbocycles. The second-order valence-electron chi connectivity index (χ2n) is 6.94. The Balaban J connectivity index is 1.71. The van der Waals surface area contributed by atoms with Crippen LogP contribution in [0.3, 0.4) is 0 Å². The van der Waals surface area contributed by atoms with Crippen molar-refractivity contribution in [3.63, 3.8) is 0 Å². The fraction of sp³-hybridized carbons (Fsp3) is 0.0870. The molecule has 0 aliphatic carbocycles. The van der Waals surface area contributed by atoms with E-state index in [1.165, 1.54) is 46.1 Å². The minimum Gasteiger partial charge on any atom is -0.337 e. The summed E-state index contributed by atoms with van der Waals surface area (Å²) in [4.78, 5) is 14.6. The highest BCUT2D eigenvalue weighted by atomic mass is 19.1. The predicted octanol–water partition coefficient (Wildman–Crippen LogP) is 4.09. The zero-order valence-electron chi connectivity index (χ0n) is 16.5. The number of carbonyl (C=O) groups excluding carboxylic acids is 1. The zero-order chi connectivity index (χ0) is 22.0. The van der Waals surface area contributed by atoms with Crippen LogP contribution < -0.4 is 0 Å². The molecule has 0 saturated heterocycles. The fourth-order valence-electron chi connectivity index (χ4n) is 3.29. The monoisotopic (exact) mass is 417 g/mol. The molecule has 0 bridgehead atoms. The Morgan fingerprint density at radius 3 is 2.52 bits per heavy atom. The molecule has 0 aliphatic heterocycles. The van der Waals surface area contributed by atoms with Gasteiger partial charge in [-0.3, -0.25) is 4.79 Å². The van der Waals surface area contributed by atoms with Gasteiger partial charge in [0.1, 0.15) is 17.2 Å².